The lowest BCUT2D eigenvalue weighted by atomic mass is 9.97. The fraction of sp³-hybridized carbons (Fsp3) is 0.467. The van der Waals surface area contributed by atoms with Crippen molar-refractivity contribution in [1.29, 1.82) is 0 Å². The molecule has 2 aromatic rings. The Morgan fingerprint density at radius 1 is 1.29 bits per heavy atom. The number of halogens is 1. The van der Waals surface area contributed by atoms with Crippen molar-refractivity contribution < 1.29 is 14.1 Å². The van der Waals surface area contributed by atoms with Gasteiger partial charge in [0.25, 0.3) is 0 Å². The van der Waals surface area contributed by atoms with Crippen molar-refractivity contribution >= 4 is 28.7 Å². The molecule has 1 heterocycles. The first-order valence-corrected chi connectivity index (χ1v) is 7.03. The van der Waals surface area contributed by atoms with Crippen LogP contribution in [-0.4, -0.2) is 16.9 Å². The molecule has 1 aromatic heterocycles. The van der Waals surface area contributed by atoms with E-state index in [1.165, 1.54) is 0 Å². The van der Waals surface area contributed by atoms with Crippen LogP contribution in [0.1, 0.15) is 40.3 Å². The molecule has 5 nitrogen and oxygen atoms in total. The van der Waals surface area contributed by atoms with E-state index in [0.717, 1.165) is 5.39 Å². The van der Waals surface area contributed by atoms with E-state index in [1.54, 1.807) is 6.07 Å². The van der Waals surface area contributed by atoms with Crippen molar-refractivity contribution in [2.45, 2.75) is 45.8 Å². The summed E-state index contributed by atoms with van der Waals surface area (Å²) in [5, 5.41) is 8.10. The van der Waals surface area contributed by atoms with Crippen LogP contribution in [0.15, 0.2) is 22.7 Å². The molecule has 0 aliphatic carbocycles. The van der Waals surface area contributed by atoms with E-state index in [0.29, 0.717) is 16.3 Å². The van der Waals surface area contributed by atoms with Crippen molar-refractivity contribution in [2.24, 2.45) is 0 Å². The number of fused-ring (bicyclic) bond motifs is 1. The lowest BCUT2D eigenvalue weighted by Crippen LogP contribution is -2.44. The van der Waals surface area contributed by atoms with Gasteiger partial charge in [-0.25, -0.2) is 4.79 Å². The fourth-order valence-electron chi connectivity index (χ4n) is 2.00. The molecule has 0 bridgehead atoms. The zero-order valence-corrected chi connectivity index (χ0v) is 13.5. The van der Waals surface area contributed by atoms with Gasteiger partial charge in [-0.2, -0.15) is 0 Å². The van der Waals surface area contributed by atoms with Gasteiger partial charge < -0.3 is 14.6 Å². The number of rotatable bonds is 2. The molecule has 0 saturated heterocycles. The molecule has 0 aliphatic heterocycles. The lowest BCUT2D eigenvalue weighted by Gasteiger charge is -2.27. The zero-order valence-electron chi connectivity index (χ0n) is 12.8. The second kappa shape index (κ2) is 5.22. The number of nitrogens with one attached hydrogen (secondary N) is 1. The van der Waals surface area contributed by atoms with Crippen LogP contribution in [0.3, 0.4) is 0 Å². The Morgan fingerprint density at radius 3 is 2.57 bits per heavy atom. The van der Waals surface area contributed by atoms with Gasteiger partial charge in [-0.1, -0.05) is 22.8 Å². The van der Waals surface area contributed by atoms with Crippen molar-refractivity contribution in [2.75, 3.05) is 0 Å². The average molecular weight is 311 g/mol. The molecule has 2 rings (SSSR count). The SMILES string of the molecule is CC(C)(C)OC(=O)NC(C)(C)c1noc2c(Cl)cccc12. The number of hydrogen-bond acceptors (Lipinski definition) is 4. The van der Waals surface area contributed by atoms with Crippen LogP contribution in [-0.2, 0) is 10.3 Å². The topological polar surface area (TPSA) is 64.4 Å². The molecule has 0 aliphatic rings. The van der Waals surface area contributed by atoms with Gasteiger partial charge in [-0.3, -0.25) is 0 Å². The first kappa shape index (κ1) is 15.6. The molecule has 0 radical (unpaired) electrons. The van der Waals surface area contributed by atoms with Crippen LogP contribution in [0.2, 0.25) is 5.02 Å². The number of carbonyl (C=O) groups is 1. The molecule has 6 heteroatoms. The molecule has 0 spiro atoms. The third-order valence-corrected chi connectivity index (χ3v) is 3.15. The van der Waals surface area contributed by atoms with Gasteiger partial charge in [-0.15, -0.1) is 0 Å². The normalized spacial score (nSPS) is 12.5. The number of hydrogen-bond donors (Lipinski definition) is 1. The first-order valence-electron chi connectivity index (χ1n) is 6.66. The molecule has 0 saturated carbocycles. The van der Waals surface area contributed by atoms with Crippen molar-refractivity contribution in [3.8, 4) is 0 Å². The van der Waals surface area contributed by atoms with E-state index in [9.17, 15) is 4.79 Å². The predicted molar refractivity (Wildman–Crippen MR) is 81.4 cm³/mol. The Kier molecular flexibility index (Phi) is 3.89. The lowest BCUT2D eigenvalue weighted by molar-refractivity contribution is 0.0467. The smallest absolute Gasteiger partial charge is 0.408 e. The van der Waals surface area contributed by atoms with Crippen LogP contribution in [0, 0.1) is 0 Å². The summed E-state index contributed by atoms with van der Waals surface area (Å²) in [6.07, 6.45) is -0.509. The highest BCUT2D eigenvalue weighted by molar-refractivity contribution is 6.34. The summed E-state index contributed by atoms with van der Waals surface area (Å²) < 4.78 is 10.5. The molecule has 0 atom stereocenters. The van der Waals surface area contributed by atoms with Crippen molar-refractivity contribution in [3.05, 3.63) is 28.9 Å². The molecule has 0 unspecified atom stereocenters. The van der Waals surface area contributed by atoms with E-state index < -0.39 is 17.2 Å². The van der Waals surface area contributed by atoms with Crippen LogP contribution < -0.4 is 5.32 Å². The largest absolute Gasteiger partial charge is 0.444 e. The standard InChI is InChI=1S/C15H19ClN2O3/c1-14(2,3)20-13(19)17-15(4,5)12-9-7-6-8-10(16)11(9)21-18-12/h6-8H,1-5H3,(H,17,19). The minimum absolute atomic E-state index is 0.485. The summed E-state index contributed by atoms with van der Waals surface area (Å²) >= 11 is 6.07. The number of benzene rings is 1. The Morgan fingerprint density at radius 2 is 1.95 bits per heavy atom. The summed E-state index contributed by atoms with van der Waals surface area (Å²) in [6, 6.07) is 5.40. The third-order valence-electron chi connectivity index (χ3n) is 2.86. The summed E-state index contributed by atoms with van der Waals surface area (Å²) in [4.78, 5) is 12.0. The zero-order chi connectivity index (χ0) is 15.8. The maximum atomic E-state index is 12.0. The van der Waals surface area contributed by atoms with Crippen molar-refractivity contribution in [1.82, 2.24) is 10.5 Å². The van der Waals surface area contributed by atoms with Crippen LogP contribution >= 0.6 is 11.6 Å². The quantitative estimate of drug-likeness (QED) is 0.901. The number of nitrogens with zero attached hydrogens (tertiary/aromatic N) is 1. The number of amides is 1. The Hall–Kier alpha value is -1.75. The number of para-hydroxylation sites is 1. The van der Waals surface area contributed by atoms with Gasteiger partial charge in [0.1, 0.15) is 11.3 Å². The molecule has 1 N–H and O–H groups in total. The van der Waals surface area contributed by atoms with Gasteiger partial charge in [0.2, 0.25) is 0 Å². The molecular weight excluding hydrogens is 292 g/mol. The minimum Gasteiger partial charge on any atom is -0.444 e. The number of ether oxygens (including phenoxy) is 1. The average Bonchev–Trinajstić information content (AvgIpc) is 2.71. The fourth-order valence-corrected chi connectivity index (χ4v) is 2.21. The molecule has 1 aromatic carbocycles. The van der Waals surface area contributed by atoms with E-state index in [2.05, 4.69) is 10.5 Å². The molecule has 21 heavy (non-hydrogen) atoms. The maximum absolute atomic E-state index is 12.0. The molecule has 114 valence electrons. The van der Waals surface area contributed by atoms with E-state index in [4.69, 9.17) is 20.9 Å². The molecule has 1 amide bonds. The van der Waals surface area contributed by atoms with Gasteiger partial charge in [0, 0.05) is 5.39 Å². The highest BCUT2D eigenvalue weighted by Crippen LogP contribution is 2.31. The Balaban J connectivity index is 2.30. The minimum atomic E-state index is -0.752. The predicted octanol–water partition coefficient (Wildman–Crippen LogP) is 4.24. The number of aromatic nitrogens is 1. The van der Waals surface area contributed by atoms with Gasteiger partial charge in [0.05, 0.1) is 10.6 Å². The van der Waals surface area contributed by atoms with Gasteiger partial charge in [0.15, 0.2) is 5.58 Å². The first-order chi connectivity index (χ1) is 9.60. The summed E-state index contributed by atoms with van der Waals surface area (Å²) in [6.45, 7) is 9.09. The van der Waals surface area contributed by atoms with Crippen molar-refractivity contribution in [3.63, 3.8) is 0 Å². The number of alkyl carbamates (subject to hydrolysis) is 1. The highest BCUT2D eigenvalue weighted by Gasteiger charge is 2.31. The van der Waals surface area contributed by atoms with Crippen LogP contribution in [0.5, 0.6) is 0 Å². The van der Waals surface area contributed by atoms with Gasteiger partial charge in [-0.05, 0) is 46.8 Å². The van der Waals surface area contributed by atoms with E-state index in [-0.39, 0.29) is 0 Å². The highest BCUT2D eigenvalue weighted by atomic mass is 35.5. The van der Waals surface area contributed by atoms with E-state index >= 15 is 0 Å². The number of carbonyl (C=O) groups excluding carboxylic acids is 1. The van der Waals surface area contributed by atoms with Gasteiger partial charge >= 0.3 is 6.09 Å². The Labute approximate surface area is 128 Å². The Bertz CT molecular complexity index is 671. The van der Waals surface area contributed by atoms with E-state index in [1.807, 2.05) is 46.8 Å². The molecular formula is C15H19ClN2O3. The summed E-state index contributed by atoms with van der Waals surface area (Å²) in [7, 11) is 0. The van der Waals surface area contributed by atoms with Crippen LogP contribution in [0.4, 0.5) is 4.79 Å². The second-order valence-corrected chi connectivity index (χ2v) is 6.81. The second-order valence-electron chi connectivity index (χ2n) is 6.40. The maximum Gasteiger partial charge on any atom is 0.408 e. The monoisotopic (exact) mass is 310 g/mol. The summed E-state index contributed by atoms with van der Waals surface area (Å²) in [5.74, 6) is 0. The molecule has 0 fully saturated rings. The van der Waals surface area contributed by atoms with Crippen LogP contribution in [0.25, 0.3) is 11.0 Å². The third kappa shape index (κ3) is 3.47. The summed E-state index contributed by atoms with van der Waals surface area (Å²) in [5.41, 5.74) is -0.202.